The van der Waals surface area contributed by atoms with Crippen molar-refractivity contribution in [2.45, 2.75) is 40.3 Å². The molecule has 0 saturated heterocycles. The summed E-state index contributed by atoms with van der Waals surface area (Å²) in [6.07, 6.45) is 0.418. The second-order valence-electron chi connectivity index (χ2n) is 4.58. The van der Waals surface area contributed by atoms with Crippen molar-refractivity contribution in [2.75, 3.05) is 13.1 Å². The molecule has 0 aliphatic heterocycles. The third kappa shape index (κ3) is 4.86. The van der Waals surface area contributed by atoms with Crippen LogP contribution >= 0.6 is 0 Å². The highest BCUT2D eigenvalue weighted by Crippen LogP contribution is 2.20. The molecule has 0 aromatic heterocycles. The molecule has 0 amide bonds. The summed E-state index contributed by atoms with van der Waals surface area (Å²) < 4.78 is 10.6. The first-order chi connectivity index (χ1) is 10.0. The van der Waals surface area contributed by atoms with E-state index in [0.29, 0.717) is 6.42 Å². The largest absolute Gasteiger partial charge is 0.443 e. The summed E-state index contributed by atoms with van der Waals surface area (Å²) in [5.41, 5.74) is 0.262. The molecule has 1 rings (SSSR count). The molecular formula is C16H23NO4. The predicted molar refractivity (Wildman–Crippen MR) is 80.2 cm³/mol. The Morgan fingerprint density at radius 1 is 1.14 bits per heavy atom. The zero-order valence-corrected chi connectivity index (χ0v) is 13.1. The Hall–Kier alpha value is -1.88. The number of hydrogen-bond acceptors (Lipinski definition) is 5. The van der Waals surface area contributed by atoms with E-state index in [1.807, 2.05) is 20.8 Å². The quantitative estimate of drug-likeness (QED) is 0.439. The van der Waals surface area contributed by atoms with Gasteiger partial charge in [-0.3, -0.25) is 9.69 Å². The van der Waals surface area contributed by atoms with Crippen molar-refractivity contribution in [3.63, 3.8) is 0 Å². The Bertz CT molecular complexity index is 483. The van der Waals surface area contributed by atoms with E-state index >= 15 is 0 Å². The van der Waals surface area contributed by atoms with Crippen molar-refractivity contribution in [3.8, 4) is 5.75 Å². The molecule has 0 fully saturated rings. The van der Waals surface area contributed by atoms with Crippen molar-refractivity contribution in [1.29, 1.82) is 0 Å². The third-order valence-electron chi connectivity index (χ3n) is 3.17. The summed E-state index contributed by atoms with van der Waals surface area (Å²) in [5.74, 6) is -0.721. The number of esters is 2. The fourth-order valence-electron chi connectivity index (χ4n) is 2.11. The van der Waals surface area contributed by atoms with Crippen LogP contribution in [0.5, 0.6) is 5.75 Å². The van der Waals surface area contributed by atoms with Crippen LogP contribution in [-0.2, 0) is 9.53 Å². The number of nitrogens with zero attached hydrogens (tertiary/aromatic N) is 1. The first-order valence-electron chi connectivity index (χ1n) is 7.25. The van der Waals surface area contributed by atoms with Gasteiger partial charge in [-0.1, -0.05) is 32.9 Å². The number of carbonyl (C=O) groups is 2. The highest BCUT2D eigenvalue weighted by atomic mass is 16.6. The fourth-order valence-corrected chi connectivity index (χ4v) is 2.11. The molecule has 1 unspecified atom stereocenters. The van der Waals surface area contributed by atoms with Gasteiger partial charge in [0.15, 0.2) is 6.23 Å². The topological polar surface area (TPSA) is 55.8 Å². The highest BCUT2D eigenvalue weighted by Gasteiger charge is 2.22. The van der Waals surface area contributed by atoms with Crippen LogP contribution in [0.2, 0.25) is 0 Å². The van der Waals surface area contributed by atoms with Crippen molar-refractivity contribution in [2.24, 2.45) is 0 Å². The Labute approximate surface area is 125 Å². The van der Waals surface area contributed by atoms with Crippen LogP contribution in [0.15, 0.2) is 24.3 Å². The van der Waals surface area contributed by atoms with Crippen LogP contribution in [0, 0.1) is 0 Å². The molecule has 0 heterocycles. The summed E-state index contributed by atoms with van der Waals surface area (Å²) in [6.45, 7) is 8.91. The molecule has 0 bridgehead atoms. The first kappa shape index (κ1) is 17.2. The summed E-state index contributed by atoms with van der Waals surface area (Å²) in [4.78, 5) is 25.5. The highest BCUT2D eigenvalue weighted by molar-refractivity contribution is 5.93. The van der Waals surface area contributed by atoms with Crippen LogP contribution in [0.3, 0.4) is 0 Å². The third-order valence-corrected chi connectivity index (χ3v) is 3.17. The molecule has 0 aliphatic rings. The van der Waals surface area contributed by atoms with Crippen molar-refractivity contribution < 1.29 is 19.1 Å². The maximum Gasteiger partial charge on any atom is 0.343 e. The standard InChI is InChI=1S/C16H23NO4/c1-5-15(17(6-2)7-3)21-16(19)13-10-8-9-11-14(13)20-12(4)18/h8-11,15H,5-7H2,1-4H3. The lowest BCUT2D eigenvalue weighted by Gasteiger charge is -2.28. The molecule has 1 atom stereocenters. The van der Waals surface area contributed by atoms with Gasteiger partial charge in [0.05, 0.1) is 0 Å². The molecule has 0 saturated carbocycles. The normalized spacial score (nSPS) is 12.0. The van der Waals surface area contributed by atoms with Crippen molar-refractivity contribution in [3.05, 3.63) is 29.8 Å². The van der Waals surface area contributed by atoms with Gasteiger partial charge in [-0.05, 0) is 31.6 Å². The van der Waals surface area contributed by atoms with Gasteiger partial charge in [-0.15, -0.1) is 0 Å². The summed E-state index contributed by atoms with van der Waals surface area (Å²) in [7, 11) is 0. The van der Waals surface area contributed by atoms with Gasteiger partial charge in [0, 0.05) is 6.92 Å². The van der Waals surface area contributed by atoms with Gasteiger partial charge in [0.25, 0.3) is 0 Å². The van der Waals surface area contributed by atoms with E-state index in [9.17, 15) is 9.59 Å². The van der Waals surface area contributed by atoms with E-state index in [-0.39, 0.29) is 17.5 Å². The van der Waals surface area contributed by atoms with Gasteiger partial charge in [-0.2, -0.15) is 0 Å². The Morgan fingerprint density at radius 2 is 1.76 bits per heavy atom. The minimum Gasteiger partial charge on any atom is -0.443 e. The lowest BCUT2D eigenvalue weighted by Crippen LogP contribution is -2.38. The number of para-hydroxylation sites is 1. The van der Waals surface area contributed by atoms with Gasteiger partial charge < -0.3 is 9.47 Å². The van der Waals surface area contributed by atoms with Gasteiger partial charge in [0.1, 0.15) is 11.3 Å². The molecular weight excluding hydrogens is 270 g/mol. The molecule has 116 valence electrons. The first-order valence-corrected chi connectivity index (χ1v) is 7.25. The summed E-state index contributed by atoms with van der Waals surface area (Å²) in [6, 6.07) is 6.59. The van der Waals surface area contributed by atoms with Gasteiger partial charge in [-0.25, -0.2) is 4.79 Å². The number of carbonyl (C=O) groups excluding carboxylic acids is 2. The Kier molecular flexibility index (Phi) is 6.88. The zero-order chi connectivity index (χ0) is 15.8. The van der Waals surface area contributed by atoms with Crippen LogP contribution < -0.4 is 4.74 Å². The molecule has 0 radical (unpaired) electrons. The van der Waals surface area contributed by atoms with Crippen LogP contribution in [0.25, 0.3) is 0 Å². The number of ether oxygens (including phenoxy) is 2. The van der Waals surface area contributed by atoms with Crippen LogP contribution in [-0.4, -0.2) is 36.2 Å². The molecule has 1 aromatic rings. The van der Waals surface area contributed by atoms with E-state index in [4.69, 9.17) is 9.47 Å². The van der Waals surface area contributed by atoms with Gasteiger partial charge in [0.2, 0.25) is 0 Å². The van der Waals surface area contributed by atoms with Crippen LogP contribution in [0.1, 0.15) is 44.5 Å². The number of rotatable bonds is 7. The molecule has 0 aliphatic carbocycles. The summed E-state index contributed by atoms with van der Waals surface area (Å²) >= 11 is 0. The van der Waals surface area contributed by atoms with Crippen LogP contribution in [0.4, 0.5) is 0 Å². The lowest BCUT2D eigenvalue weighted by atomic mass is 10.2. The van der Waals surface area contributed by atoms with E-state index in [0.717, 1.165) is 13.1 Å². The molecule has 5 heteroatoms. The number of hydrogen-bond donors (Lipinski definition) is 0. The maximum absolute atomic E-state index is 12.3. The SMILES string of the molecule is CCC(OC(=O)c1ccccc1OC(C)=O)N(CC)CC. The Balaban J connectivity index is 2.90. The van der Waals surface area contributed by atoms with E-state index in [1.54, 1.807) is 24.3 Å². The van der Waals surface area contributed by atoms with E-state index < -0.39 is 11.9 Å². The smallest absolute Gasteiger partial charge is 0.343 e. The zero-order valence-electron chi connectivity index (χ0n) is 13.1. The molecule has 21 heavy (non-hydrogen) atoms. The van der Waals surface area contributed by atoms with E-state index in [2.05, 4.69) is 4.90 Å². The summed E-state index contributed by atoms with van der Waals surface area (Å²) in [5, 5.41) is 0. The lowest BCUT2D eigenvalue weighted by molar-refractivity contribution is -0.131. The molecule has 0 N–H and O–H groups in total. The second-order valence-corrected chi connectivity index (χ2v) is 4.58. The fraction of sp³-hybridized carbons (Fsp3) is 0.500. The van der Waals surface area contributed by atoms with Crippen molar-refractivity contribution >= 4 is 11.9 Å². The minimum atomic E-state index is -0.481. The Morgan fingerprint density at radius 3 is 2.29 bits per heavy atom. The number of benzene rings is 1. The molecule has 0 spiro atoms. The average Bonchev–Trinajstić information content (AvgIpc) is 2.47. The second kappa shape index (κ2) is 8.42. The average molecular weight is 293 g/mol. The van der Waals surface area contributed by atoms with Gasteiger partial charge >= 0.3 is 11.9 Å². The van der Waals surface area contributed by atoms with E-state index in [1.165, 1.54) is 6.92 Å². The molecule has 1 aromatic carbocycles. The monoisotopic (exact) mass is 293 g/mol. The maximum atomic E-state index is 12.3. The minimum absolute atomic E-state index is 0.226. The van der Waals surface area contributed by atoms with Crippen molar-refractivity contribution in [1.82, 2.24) is 4.90 Å². The molecule has 5 nitrogen and oxygen atoms in total. The predicted octanol–water partition coefficient (Wildman–Crippen LogP) is 2.85.